The molecule has 2 rings (SSSR count). The molecule has 1 amide bonds. The maximum atomic E-state index is 12.1. The molecule has 0 bridgehead atoms. The highest BCUT2D eigenvalue weighted by molar-refractivity contribution is 6.45. The summed E-state index contributed by atoms with van der Waals surface area (Å²) in [5.74, 6) is 0.159. The van der Waals surface area contributed by atoms with Crippen molar-refractivity contribution < 1.29 is 9.82 Å². The lowest BCUT2D eigenvalue weighted by molar-refractivity contribution is -0.123. The molecule has 1 heterocycles. The SMILES string of the molecule is CB(O)N[C@H]1CC[C@H](NC(=O)CN2CCN(C)CC2)CC1. The Morgan fingerprint density at radius 3 is 2.29 bits per heavy atom. The Hall–Kier alpha value is -0.625. The van der Waals surface area contributed by atoms with E-state index in [1.54, 1.807) is 6.82 Å². The number of hydrogen-bond acceptors (Lipinski definition) is 5. The van der Waals surface area contributed by atoms with Crippen LogP contribution >= 0.6 is 0 Å². The minimum Gasteiger partial charge on any atom is -0.437 e. The third-order valence-corrected chi connectivity index (χ3v) is 4.53. The first kappa shape index (κ1) is 16.7. The van der Waals surface area contributed by atoms with Crippen LogP contribution in [0.15, 0.2) is 0 Å². The fraction of sp³-hybridized carbons (Fsp3) is 0.929. The van der Waals surface area contributed by atoms with Crippen LogP contribution in [0.2, 0.25) is 6.82 Å². The Labute approximate surface area is 128 Å². The molecule has 3 N–H and O–H groups in total. The fourth-order valence-corrected chi connectivity index (χ4v) is 3.23. The first-order valence-corrected chi connectivity index (χ1v) is 8.17. The number of carbonyl (C=O) groups excluding carboxylic acids is 1. The molecule has 1 saturated heterocycles. The third-order valence-electron chi connectivity index (χ3n) is 4.53. The Balaban J connectivity index is 1.63. The Morgan fingerprint density at radius 1 is 1.14 bits per heavy atom. The summed E-state index contributed by atoms with van der Waals surface area (Å²) in [5.41, 5.74) is 0. The number of likely N-dealkylation sites (N-methyl/N-ethyl adjacent to an activating group) is 1. The molecule has 2 aliphatic rings. The van der Waals surface area contributed by atoms with E-state index in [9.17, 15) is 9.82 Å². The van der Waals surface area contributed by atoms with Crippen molar-refractivity contribution in [1.82, 2.24) is 20.3 Å². The molecule has 2 fully saturated rings. The van der Waals surface area contributed by atoms with Crippen LogP contribution in [-0.2, 0) is 4.79 Å². The minimum atomic E-state index is -0.446. The molecular weight excluding hydrogens is 267 g/mol. The van der Waals surface area contributed by atoms with Gasteiger partial charge in [0.05, 0.1) is 6.54 Å². The zero-order chi connectivity index (χ0) is 15.2. The van der Waals surface area contributed by atoms with E-state index in [-0.39, 0.29) is 5.91 Å². The highest BCUT2D eigenvalue weighted by atomic mass is 16.2. The maximum Gasteiger partial charge on any atom is 0.373 e. The van der Waals surface area contributed by atoms with Gasteiger partial charge in [-0.25, -0.2) is 0 Å². The summed E-state index contributed by atoms with van der Waals surface area (Å²) in [4.78, 5) is 16.6. The molecule has 0 aromatic rings. The molecule has 0 atom stereocenters. The predicted molar refractivity (Wildman–Crippen MR) is 85.1 cm³/mol. The van der Waals surface area contributed by atoms with Crippen LogP contribution in [0.5, 0.6) is 0 Å². The zero-order valence-electron chi connectivity index (χ0n) is 13.3. The van der Waals surface area contributed by atoms with Crippen molar-refractivity contribution >= 4 is 13.0 Å². The van der Waals surface area contributed by atoms with Crippen LogP contribution in [0.25, 0.3) is 0 Å². The first-order valence-electron chi connectivity index (χ1n) is 8.17. The van der Waals surface area contributed by atoms with Gasteiger partial charge in [0.2, 0.25) is 5.91 Å². The Bertz CT molecular complexity index is 327. The van der Waals surface area contributed by atoms with Gasteiger partial charge in [0.1, 0.15) is 0 Å². The van der Waals surface area contributed by atoms with Crippen LogP contribution in [0.3, 0.4) is 0 Å². The van der Waals surface area contributed by atoms with Gasteiger partial charge < -0.3 is 20.5 Å². The molecule has 0 spiro atoms. The number of carbonyl (C=O) groups is 1. The number of rotatable bonds is 5. The van der Waals surface area contributed by atoms with Crippen LogP contribution in [-0.4, -0.2) is 79.6 Å². The van der Waals surface area contributed by atoms with Gasteiger partial charge in [-0.05, 0) is 45.6 Å². The monoisotopic (exact) mass is 296 g/mol. The predicted octanol–water partition coefficient (Wildman–Crippen LogP) is -0.639. The average molecular weight is 296 g/mol. The molecule has 7 heteroatoms. The molecule has 0 aromatic carbocycles. The second-order valence-corrected chi connectivity index (χ2v) is 6.54. The summed E-state index contributed by atoms with van der Waals surface area (Å²) in [5, 5.41) is 15.6. The third kappa shape index (κ3) is 5.94. The van der Waals surface area contributed by atoms with Gasteiger partial charge in [0, 0.05) is 32.2 Å². The molecule has 6 nitrogen and oxygen atoms in total. The summed E-state index contributed by atoms with van der Waals surface area (Å²) < 4.78 is 0. The van der Waals surface area contributed by atoms with Crippen molar-refractivity contribution in [1.29, 1.82) is 0 Å². The van der Waals surface area contributed by atoms with E-state index >= 15 is 0 Å². The number of amides is 1. The van der Waals surface area contributed by atoms with Crippen molar-refractivity contribution in [2.45, 2.75) is 44.6 Å². The largest absolute Gasteiger partial charge is 0.437 e. The molecule has 21 heavy (non-hydrogen) atoms. The molecular formula is C14H29BN4O2. The summed E-state index contributed by atoms with van der Waals surface area (Å²) in [7, 11) is 1.68. The van der Waals surface area contributed by atoms with Gasteiger partial charge in [-0.15, -0.1) is 0 Å². The van der Waals surface area contributed by atoms with Gasteiger partial charge in [0.15, 0.2) is 0 Å². The standard InChI is InChI=1S/C14H29BN4O2/c1-15(21)17-13-5-3-12(4-6-13)16-14(20)11-19-9-7-18(2)8-10-19/h12-13,17,21H,3-11H2,1-2H3,(H,16,20)/t12-,13-. The number of nitrogens with zero attached hydrogens (tertiary/aromatic N) is 2. The second-order valence-electron chi connectivity index (χ2n) is 6.54. The van der Waals surface area contributed by atoms with Crippen LogP contribution < -0.4 is 10.5 Å². The van der Waals surface area contributed by atoms with Gasteiger partial charge in [-0.3, -0.25) is 9.69 Å². The van der Waals surface area contributed by atoms with E-state index in [0.29, 0.717) is 18.6 Å². The summed E-state index contributed by atoms with van der Waals surface area (Å²) in [6, 6.07) is 0.688. The van der Waals surface area contributed by atoms with Crippen molar-refractivity contribution in [3.05, 3.63) is 0 Å². The normalized spacial score (nSPS) is 28.3. The van der Waals surface area contributed by atoms with E-state index in [1.165, 1.54) is 0 Å². The van der Waals surface area contributed by atoms with E-state index < -0.39 is 7.05 Å². The zero-order valence-corrected chi connectivity index (χ0v) is 13.3. The van der Waals surface area contributed by atoms with Crippen molar-refractivity contribution in [3.8, 4) is 0 Å². The first-order chi connectivity index (χ1) is 10.0. The van der Waals surface area contributed by atoms with E-state index in [2.05, 4.69) is 27.4 Å². The van der Waals surface area contributed by atoms with Crippen LogP contribution in [0.1, 0.15) is 25.7 Å². The molecule has 1 aliphatic heterocycles. The second kappa shape index (κ2) is 8.12. The lowest BCUT2D eigenvalue weighted by atomic mass is 9.82. The van der Waals surface area contributed by atoms with E-state index in [0.717, 1.165) is 51.9 Å². The number of hydrogen-bond donors (Lipinski definition) is 3. The smallest absolute Gasteiger partial charge is 0.373 e. The molecule has 0 unspecified atom stereocenters. The van der Waals surface area contributed by atoms with Crippen molar-refractivity contribution in [3.63, 3.8) is 0 Å². The number of piperazine rings is 1. The van der Waals surface area contributed by atoms with Crippen molar-refractivity contribution in [2.75, 3.05) is 39.8 Å². The lowest BCUT2D eigenvalue weighted by Gasteiger charge is -2.33. The van der Waals surface area contributed by atoms with Gasteiger partial charge >= 0.3 is 7.05 Å². The van der Waals surface area contributed by atoms with Crippen LogP contribution in [0, 0.1) is 0 Å². The summed E-state index contributed by atoms with van der Waals surface area (Å²) in [6.07, 6.45) is 4.03. The van der Waals surface area contributed by atoms with Crippen LogP contribution in [0.4, 0.5) is 0 Å². The average Bonchev–Trinajstić information content (AvgIpc) is 2.43. The summed E-state index contributed by atoms with van der Waals surface area (Å²) >= 11 is 0. The Morgan fingerprint density at radius 2 is 1.71 bits per heavy atom. The van der Waals surface area contributed by atoms with Gasteiger partial charge in [0.25, 0.3) is 0 Å². The molecule has 120 valence electrons. The molecule has 1 saturated carbocycles. The molecule has 1 aliphatic carbocycles. The minimum absolute atomic E-state index is 0.159. The van der Waals surface area contributed by atoms with E-state index in [4.69, 9.17) is 0 Å². The number of nitrogens with one attached hydrogen (secondary N) is 2. The summed E-state index contributed by atoms with van der Waals surface area (Å²) in [6.45, 7) is 6.33. The highest BCUT2D eigenvalue weighted by Gasteiger charge is 2.24. The topological polar surface area (TPSA) is 67.8 Å². The highest BCUT2D eigenvalue weighted by Crippen LogP contribution is 2.18. The van der Waals surface area contributed by atoms with Gasteiger partial charge in [-0.1, -0.05) is 0 Å². The maximum absolute atomic E-state index is 12.1. The van der Waals surface area contributed by atoms with Crippen molar-refractivity contribution in [2.24, 2.45) is 0 Å². The quantitative estimate of drug-likeness (QED) is 0.589. The van der Waals surface area contributed by atoms with E-state index in [1.807, 2.05) is 0 Å². The lowest BCUT2D eigenvalue weighted by Crippen LogP contribution is -2.50. The Kier molecular flexibility index (Phi) is 6.48. The molecule has 0 radical (unpaired) electrons. The van der Waals surface area contributed by atoms with Gasteiger partial charge in [-0.2, -0.15) is 0 Å². The molecule has 0 aromatic heterocycles. The fourth-order valence-electron chi connectivity index (χ4n) is 3.23.